The third-order valence-electron chi connectivity index (χ3n) is 4.36. The second-order valence-corrected chi connectivity index (χ2v) is 8.08. The van der Waals surface area contributed by atoms with Crippen LogP contribution in [0.25, 0.3) is 33.6 Å². The number of ether oxygens (including phenoxy) is 1. The standard InChI is InChI=1S/C22H17ClN4O2S/c1-27(2)12-25-22-26-20(18(11-24)30-22)21-19(13-4-6-14(23)7-5-13)16-10-15(28-3)8-9-17(16)29-21/h4-10,12H,1-3H3/b25-12+. The van der Waals surface area contributed by atoms with Crippen LogP contribution in [0.4, 0.5) is 5.13 Å². The van der Waals surface area contributed by atoms with E-state index in [1.165, 1.54) is 11.3 Å². The Kier molecular flexibility index (Phi) is 5.44. The van der Waals surface area contributed by atoms with Crippen LogP contribution in [-0.4, -0.2) is 37.4 Å². The van der Waals surface area contributed by atoms with Crippen LogP contribution < -0.4 is 4.74 Å². The maximum absolute atomic E-state index is 9.70. The molecule has 0 aliphatic carbocycles. The third kappa shape index (κ3) is 3.75. The van der Waals surface area contributed by atoms with Crippen molar-refractivity contribution in [3.8, 4) is 34.4 Å². The number of halogens is 1. The summed E-state index contributed by atoms with van der Waals surface area (Å²) in [5, 5.41) is 11.7. The smallest absolute Gasteiger partial charge is 0.212 e. The number of thiazole rings is 1. The lowest BCUT2D eigenvalue weighted by Crippen LogP contribution is -2.06. The highest BCUT2D eigenvalue weighted by Crippen LogP contribution is 2.44. The first-order chi connectivity index (χ1) is 14.5. The molecule has 0 spiro atoms. The molecule has 0 amide bonds. The molecule has 0 unspecified atom stereocenters. The van der Waals surface area contributed by atoms with Gasteiger partial charge in [-0.1, -0.05) is 35.1 Å². The predicted octanol–water partition coefficient (Wildman–Crippen LogP) is 5.98. The van der Waals surface area contributed by atoms with E-state index < -0.39 is 0 Å². The van der Waals surface area contributed by atoms with E-state index in [2.05, 4.69) is 16.0 Å². The average molecular weight is 437 g/mol. The zero-order valence-corrected chi connectivity index (χ0v) is 18.1. The number of aliphatic imine (C=N–C) groups is 1. The number of hydrogen-bond donors (Lipinski definition) is 0. The molecule has 0 saturated heterocycles. The summed E-state index contributed by atoms with van der Waals surface area (Å²) in [5.41, 5.74) is 2.86. The van der Waals surface area contributed by atoms with Crippen molar-refractivity contribution in [1.82, 2.24) is 9.88 Å². The van der Waals surface area contributed by atoms with Crippen molar-refractivity contribution >= 4 is 45.4 Å². The minimum atomic E-state index is 0.433. The summed E-state index contributed by atoms with van der Waals surface area (Å²) in [4.78, 5) is 11.2. The normalized spacial score (nSPS) is 11.2. The molecule has 6 nitrogen and oxygen atoms in total. The molecule has 2 aromatic heterocycles. The number of nitrogens with zero attached hydrogens (tertiary/aromatic N) is 4. The first-order valence-electron chi connectivity index (χ1n) is 8.98. The van der Waals surface area contributed by atoms with E-state index in [4.69, 9.17) is 20.8 Å². The highest BCUT2D eigenvalue weighted by molar-refractivity contribution is 7.16. The molecule has 0 aliphatic rings. The number of fused-ring (bicyclic) bond motifs is 1. The molecule has 0 bridgehead atoms. The van der Waals surface area contributed by atoms with Gasteiger partial charge < -0.3 is 14.1 Å². The number of aromatic nitrogens is 1. The quantitative estimate of drug-likeness (QED) is 0.284. The van der Waals surface area contributed by atoms with E-state index in [0.29, 0.717) is 37.8 Å². The molecule has 0 N–H and O–H groups in total. The number of hydrogen-bond acceptors (Lipinski definition) is 6. The van der Waals surface area contributed by atoms with Crippen LogP contribution in [0.5, 0.6) is 5.75 Å². The lowest BCUT2D eigenvalue weighted by Gasteiger charge is -2.04. The van der Waals surface area contributed by atoms with Crippen molar-refractivity contribution in [3.05, 3.63) is 52.4 Å². The van der Waals surface area contributed by atoms with Gasteiger partial charge >= 0.3 is 0 Å². The third-order valence-corrected chi connectivity index (χ3v) is 5.48. The predicted molar refractivity (Wildman–Crippen MR) is 121 cm³/mol. The van der Waals surface area contributed by atoms with Crippen LogP contribution in [0.1, 0.15) is 4.88 Å². The van der Waals surface area contributed by atoms with E-state index in [-0.39, 0.29) is 0 Å². The molecule has 30 heavy (non-hydrogen) atoms. The van der Waals surface area contributed by atoms with Crippen LogP contribution in [0, 0.1) is 11.3 Å². The van der Waals surface area contributed by atoms with E-state index in [1.54, 1.807) is 18.3 Å². The Balaban J connectivity index is 1.98. The monoisotopic (exact) mass is 436 g/mol. The van der Waals surface area contributed by atoms with Gasteiger partial charge in [0.25, 0.3) is 0 Å². The Morgan fingerprint density at radius 1 is 1.23 bits per heavy atom. The Morgan fingerprint density at radius 3 is 2.67 bits per heavy atom. The van der Waals surface area contributed by atoms with E-state index >= 15 is 0 Å². The Labute approximate surface area is 182 Å². The summed E-state index contributed by atoms with van der Waals surface area (Å²) in [6.45, 7) is 0. The fourth-order valence-corrected chi connectivity index (χ4v) is 3.86. The summed E-state index contributed by atoms with van der Waals surface area (Å²) < 4.78 is 11.6. The summed E-state index contributed by atoms with van der Waals surface area (Å²) in [6, 6.07) is 15.3. The first-order valence-corrected chi connectivity index (χ1v) is 10.2. The summed E-state index contributed by atoms with van der Waals surface area (Å²) in [7, 11) is 5.36. The topological polar surface area (TPSA) is 74.7 Å². The van der Waals surface area contributed by atoms with Gasteiger partial charge in [0.1, 0.15) is 28.0 Å². The lowest BCUT2D eigenvalue weighted by molar-refractivity contribution is 0.415. The molecule has 2 heterocycles. The Bertz CT molecular complexity index is 1280. The molecule has 0 saturated carbocycles. The second kappa shape index (κ2) is 8.19. The van der Waals surface area contributed by atoms with Gasteiger partial charge in [-0.05, 0) is 35.9 Å². The van der Waals surface area contributed by atoms with Crippen LogP contribution in [0.3, 0.4) is 0 Å². The SMILES string of the molecule is COc1ccc2oc(-c3nc(/N=C/N(C)C)sc3C#N)c(-c3ccc(Cl)cc3)c2c1. The number of rotatable bonds is 5. The molecule has 8 heteroatoms. The van der Waals surface area contributed by atoms with Crippen LogP contribution in [-0.2, 0) is 0 Å². The van der Waals surface area contributed by atoms with Crippen molar-refractivity contribution in [3.63, 3.8) is 0 Å². The van der Waals surface area contributed by atoms with Gasteiger partial charge in [-0.3, -0.25) is 0 Å². The van der Waals surface area contributed by atoms with Crippen LogP contribution >= 0.6 is 22.9 Å². The van der Waals surface area contributed by atoms with Crippen LogP contribution in [0.15, 0.2) is 51.9 Å². The van der Waals surface area contributed by atoms with Gasteiger partial charge in [0.2, 0.25) is 5.13 Å². The maximum atomic E-state index is 9.70. The van der Waals surface area contributed by atoms with E-state index in [9.17, 15) is 5.26 Å². The summed E-state index contributed by atoms with van der Waals surface area (Å²) >= 11 is 7.31. The zero-order valence-electron chi connectivity index (χ0n) is 16.5. The minimum Gasteiger partial charge on any atom is -0.497 e. The fourth-order valence-electron chi connectivity index (χ4n) is 3.03. The largest absolute Gasteiger partial charge is 0.497 e. The van der Waals surface area contributed by atoms with E-state index in [1.807, 2.05) is 56.6 Å². The van der Waals surface area contributed by atoms with Crippen molar-refractivity contribution in [1.29, 1.82) is 5.26 Å². The summed E-state index contributed by atoms with van der Waals surface area (Å²) in [6.07, 6.45) is 1.65. The minimum absolute atomic E-state index is 0.433. The van der Waals surface area contributed by atoms with Crippen molar-refractivity contribution in [2.75, 3.05) is 21.2 Å². The fraction of sp³-hybridized carbons (Fsp3) is 0.136. The number of methoxy groups -OCH3 is 1. The molecule has 0 fully saturated rings. The zero-order chi connectivity index (χ0) is 21.3. The molecular formula is C22H17ClN4O2S. The van der Waals surface area contributed by atoms with Crippen molar-refractivity contribution < 1.29 is 9.15 Å². The molecule has 4 rings (SSSR count). The van der Waals surface area contributed by atoms with Gasteiger partial charge in [0.05, 0.1) is 13.4 Å². The number of nitriles is 1. The van der Waals surface area contributed by atoms with Gasteiger partial charge in [-0.25, -0.2) is 9.98 Å². The molecule has 150 valence electrons. The highest BCUT2D eigenvalue weighted by atomic mass is 35.5. The molecule has 0 aliphatic heterocycles. The van der Waals surface area contributed by atoms with Gasteiger partial charge in [-0.2, -0.15) is 5.26 Å². The number of furan rings is 1. The number of benzene rings is 2. The molecule has 2 aromatic carbocycles. The van der Waals surface area contributed by atoms with Crippen molar-refractivity contribution in [2.24, 2.45) is 4.99 Å². The van der Waals surface area contributed by atoms with Gasteiger partial charge in [0.15, 0.2) is 5.76 Å². The molecule has 4 aromatic rings. The average Bonchev–Trinajstić information content (AvgIpc) is 3.33. The Morgan fingerprint density at radius 2 is 2.00 bits per heavy atom. The highest BCUT2D eigenvalue weighted by Gasteiger charge is 2.24. The lowest BCUT2D eigenvalue weighted by atomic mass is 10.0. The van der Waals surface area contributed by atoms with E-state index in [0.717, 1.165) is 16.5 Å². The maximum Gasteiger partial charge on any atom is 0.212 e. The first kappa shape index (κ1) is 20.0. The summed E-state index contributed by atoms with van der Waals surface area (Å²) in [5.74, 6) is 1.22. The molecular weight excluding hydrogens is 420 g/mol. The van der Waals surface area contributed by atoms with Gasteiger partial charge in [-0.15, -0.1) is 0 Å². The van der Waals surface area contributed by atoms with Crippen LogP contribution in [0.2, 0.25) is 5.02 Å². The van der Waals surface area contributed by atoms with Crippen molar-refractivity contribution in [2.45, 2.75) is 0 Å². The second-order valence-electron chi connectivity index (χ2n) is 6.67. The van der Waals surface area contributed by atoms with Gasteiger partial charge in [0, 0.05) is 30.1 Å². The molecule has 0 atom stereocenters. The Hall–Kier alpha value is -3.34. The molecule has 0 radical (unpaired) electrons.